The minimum Gasteiger partial charge on any atom is -0.495 e. The highest BCUT2D eigenvalue weighted by Gasteiger charge is 2.24. The number of aryl methyl sites for hydroxylation is 1. The van der Waals surface area contributed by atoms with Gasteiger partial charge in [-0.1, -0.05) is 13.0 Å². The third kappa shape index (κ3) is 2.82. The van der Waals surface area contributed by atoms with Gasteiger partial charge in [0, 0.05) is 6.61 Å². The summed E-state index contributed by atoms with van der Waals surface area (Å²) in [5.41, 5.74) is 1.88. The van der Waals surface area contributed by atoms with Crippen molar-refractivity contribution in [1.29, 1.82) is 0 Å². The maximum atomic E-state index is 12.0. The van der Waals surface area contributed by atoms with Crippen molar-refractivity contribution in [3.05, 3.63) is 23.8 Å². The van der Waals surface area contributed by atoms with Crippen molar-refractivity contribution in [3.8, 4) is 5.75 Å². The summed E-state index contributed by atoms with van der Waals surface area (Å²) in [6, 6.07) is 5.83. The fourth-order valence-electron chi connectivity index (χ4n) is 2.07. The first-order valence-corrected chi connectivity index (χ1v) is 6.34. The number of carbonyl (C=O) groups excluding carboxylic acids is 1. The quantitative estimate of drug-likeness (QED) is 0.891. The van der Waals surface area contributed by atoms with Crippen LogP contribution in [0.15, 0.2) is 18.2 Å². The minimum atomic E-state index is -0.319. The van der Waals surface area contributed by atoms with Crippen molar-refractivity contribution in [2.45, 2.75) is 32.3 Å². The molecule has 1 aliphatic heterocycles. The molecule has 1 aliphatic rings. The highest BCUT2D eigenvalue weighted by atomic mass is 16.5. The van der Waals surface area contributed by atoms with Crippen molar-refractivity contribution >= 4 is 11.6 Å². The van der Waals surface area contributed by atoms with Crippen LogP contribution in [0.25, 0.3) is 0 Å². The lowest BCUT2D eigenvalue weighted by Gasteiger charge is -2.14. The molecule has 0 bridgehead atoms. The van der Waals surface area contributed by atoms with Gasteiger partial charge in [0.05, 0.1) is 12.8 Å². The molecule has 0 radical (unpaired) electrons. The summed E-state index contributed by atoms with van der Waals surface area (Å²) in [6.07, 6.45) is 2.35. The summed E-state index contributed by atoms with van der Waals surface area (Å²) >= 11 is 0. The smallest absolute Gasteiger partial charge is 0.253 e. The first kappa shape index (κ1) is 12.9. The first-order chi connectivity index (χ1) is 8.74. The second-order valence-electron chi connectivity index (χ2n) is 4.38. The van der Waals surface area contributed by atoms with E-state index in [4.69, 9.17) is 9.47 Å². The van der Waals surface area contributed by atoms with Gasteiger partial charge in [0.15, 0.2) is 0 Å². The van der Waals surface area contributed by atoms with Crippen LogP contribution in [0, 0.1) is 0 Å². The molecule has 1 N–H and O–H groups in total. The van der Waals surface area contributed by atoms with E-state index in [-0.39, 0.29) is 12.0 Å². The third-order valence-corrected chi connectivity index (χ3v) is 3.15. The van der Waals surface area contributed by atoms with Gasteiger partial charge in [-0.2, -0.15) is 0 Å². The Bertz CT molecular complexity index is 425. The van der Waals surface area contributed by atoms with Crippen LogP contribution >= 0.6 is 0 Å². The monoisotopic (exact) mass is 249 g/mol. The summed E-state index contributed by atoms with van der Waals surface area (Å²) in [7, 11) is 1.60. The lowest BCUT2D eigenvalue weighted by atomic mass is 10.1. The van der Waals surface area contributed by atoms with Crippen LogP contribution in [0.5, 0.6) is 5.75 Å². The Morgan fingerprint density at radius 1 is 1.56 bits per heavy atom. The maximum absolute atomic E-state index is 12.0. The molecular formula is C14H19NO3. The van der Waals surface area contributed by atoms with E-state index in [0.717, 1.165) is 24.9 Å². The number of nitrogens with one attached hydrogen (secondary N) is 1. The number of hydrogen-bond acceptors (Lipinski definition) is 3. The predicted octanol–water partition coefficient (Wildman–Crippen LogP) is 2.38. The van der Waals surface area contributed by atoms with Crippen LogP contribution < -0.4 is 10.1 Å². The van der Waals surface area contributed by atoms with E-state index < -0.39 is 0 Å². The van der Waals surface area contributed by atoms with E-state index in [1.807, 2.05) is 18.2 Å². The predicted molar refractivity (Wildman–Crippen MR) is 70.0 cm³/mol. The third-order valence-electron chi connectivity index (χ3n) is 3.15. The second kappa shape index (κ2) is 5.87. The van der Waals surface area contributed by atoms with Gasteiger partial charge in [0.25, 0.3) is 5.91 Å². The van der Waals surface area contributed by atoms with E-state index in [9.17, 15) is 4.79 Å². The fourth-order valence-corrected chi connectivity index (χ4v) is 2.07. The van der Waals surface area contributed by atoms with Crippen LogP contribution in [-0.4, -0.2) is 25.7 Å². The molecule has 18 heavy (non-hydrogen) atoms. The molecule has 4 nitrogen and oxygen atoms in total. The highest BCUT2D eigenvalue weighted by Crippen LogP contribution is 2.26. The fraction of sp³-hybridized carbons (Fsp3) is 0.500. The van der Waals surface area contributed by atoms with Gasteiger partial charge in [-0.25, -0.2) is 0 Å². The maximum Gasteiger partial charge on any atom is 0.253 e. The highest BCUT2D eigenvalue weighted by molar-refractivity contribution is 5.95. The SMILES string of the molecule is CCc1ccc(OC)c(NC(=O)C2CCCO2)c1. The molecule has 2 rings (SSSR count). The molecule has 1 fully saturated rings. The Morgan fingerprint density at radius 2 is 2.39 bits per heavy atom. The molecule has 1 heterocycles. The molecule has 0 saturated carbocycles. The number of amides is 1. The normalized spacial score (nSPS) is 18.7. The van der Waals surface area contributed by atoms with E-state index in [0.29, 0.717) is 12.4 Å². The zero-order valence-corrected chi connectivity index (χ0v) is 10.9. The van der Waals surface area contributed by atoms with E-state index in [1.165, 1.54) is 5.56 Å². The van der Waals surface area contributed by atoms with E-state index in [1.54, 1.807) is 7.11 Å². The summed E-state index contributed by atoms with van der Waals surface area (Å²) in [5, 5.41) is 2.89. The summed E-state index contributed by atoms with van der Waals surface area (Å²) in [4.78, 5) is 12.0. The largest absolute Gasteiger partial charge is 0.495 e. The molecule has 0 spiro atoms. The Hall–Kier alpha value is -1.55. The number of hydrogen-bond donors (Lipinski definition) is 1. The van der Waals surface area contributed by atoms with Gasteiger partial charge >= 0.3 is 0 Å². The lowest BCUT2D eigenvalue weighted by Crippen LogP contribution is -2.27. The van der Waals surface area contributed by atoms with Crippen molar-refractivity contribution in [2.24, 2.45) is 0 Å². The van der Waals surface area contributed by atoms with Crippen LogP contribution in [0.2, 0.25) is 0 Å². The molecule has 0 aliphatic carbocycles. The van der Waals surface area contributed by atoms with Gasteiger partial charge in [0.1, 0.15) is 11.9 Å². The van der Waals surface area contributed by atoms with Crippen LogP contribution in [0.3, 0.4) is 0 Å². The van der Waals surface area contributed by atoms with Gasteiger partial charge in [-0.15, -0.1) is 0 Å². The number of benzene rings is 1. The van der Waals surface area contributed by atoms with Crippen molar-refractivity contribution < 1.29 is 14.3 Å². The van der Waals surface area contributed by atoms with Gasteiger partial charge < -0.3 is 14.8 Å². The number of ether oxygens (including phenoxy) is 2. The Morgan fingerprint density at radius 3 is 3.00 bits per heavy atom. The molecule has 1 unspecified atom stereocenters. The van der Waals surface area contributed by atoms with Gasteiger partial charge in [-0.05, 0) is 37.0 Å². The number of anilines is 1. The van der Waals surface area contributed by atoms with Crippen LogP contribution in [-0.2, 0) is 16.0 Å². The topological polar surface area (TPSA) is 47.6 Å². The van der Waals surface area contributed by atoms with Gasteiger partial charge in [-0.3, -0.25) is 4.79 Å². The van der Waals surface area contributed by atoms with E-state index in [2.05, 4.69) is 12.2 Å². The number of rotatable bonds is 4. The first-order valence-electron chi connectivity index (χ1n) is 6.34. The number of carbonyl (C=O) groups is 1. The molecule has 1 amide bonds. The van der Waals surface area contributed by atoms with Gasteiger partial charge in [0.2, 0.25) is 0 Å². The Balaban J connectivity index is 2.13. The second-order valence-corrected chi connectivity index (χ2v) is 4.38. The molecule has 0 aromatic heterocycles. The molecule has 1 atom stereocenters. The van der Waals surface area contributed by atoms with Crippen LogP contribution in [0.1, 0.15) is 25.3 Å². The summed E-state index contributed by atoms with van der Waals surface area (Å²) < 4.78 is 10.6. The summed E-state index contributed by atoms with van der Waals surface area (Å²) in [5.74, 6) is 0.595. The minimum absolute atomic E-state index is 0.0842. The molecule has 98 valence electrons. The molecule has 4 heteroatoms. The number of methoxy groups -OCH3 is 1. The van der Waals surface area contributed by atoms with Crippen LogP contribution in [0.4, 0.5) is 5.69 Å². The zero-order chi connectivity index (χ0) is 13.0. The van der Waals surface area contributed by atoms with Crippen molar-refractivity contribution in [1.82, 2.24) is 0 Å². The average Bonchev–Trinajstić information content (AvgIpc) is 2.92. The Kier molecular flexibility index (Phi) is 4.20. The van der Waals surface area contributed by atoms with E-state index >= 15 is 0 Å². The lowest BCUT2D eigenvalue weighted by molar-refractivity contribution is -0.124. The average molecular weight is 249 g/mol. The molecule has 1 aromatic rings. The van der Waals surface area contributed by atoms with Crippen molar-refractivity contribution in [3.63, 3.8) is 0 Å². The zero-order valence-electron chi connectivity index (χ0n) is 10.9. The molecular weight excluding hydrogens is 230 g/mol. The van der Waals surface area contributed by atoms with Crippen molar-refractivity contribution in [2.75, 3.05) is 19.0 Å². The molecule has 1 aromatic carbocycles. The Labute approximate surface area is 107 Å². The summed E-state index contributed by atoms with van der Waals surface area (Å²) in [6.45, 7) is 2.75. The standard InChI is InChI=1S/C14H19NO3/c1-3-10-6-7-12(17-2)11(9-10)15-14(16)13-5-4-8-18-13/h6-7,9,13H,3-5,8H2,1-2H3,(H,15,16). The molecule has 1 saturated heterocycles.